The maximum Gasteiger partial charge on any atom is 0.0434 e. The van der Waals surface area contributed by atoms with E-state index in [0.29, 0.717) is 18.6 Å². The highest BCUT2D eigenvalue weighted by Gasteiger charge is 2.36. The lowest BCUT2D eigenvalue weighted by Gasteiger charge is -2.48. The molecular formula is C19H36N2O. The quantitative estimate of drug-likeness (QED) is 0.792. The second kappa shape index (κ2) is 8.12. The van der Waals surface area contributed by atoms with Gasteiger partial charge in [-0.25, -0.2) is 0 Å². The number of rotatable bonds is 6. The average Bonchev–Trinajstić information content (AvgIpc) is 2.51. The van der Waals surface area contributed by atoms with Gasteiger partial charge in [0.25, 0.3) is 0 Å². The van der Waals surface area contributed by atoms with Crippen molar-refractivity contribution in [2.75, 3.05) is 26.2 Å². The molecule has 3 fully saturated rings. The van der Waals surface area contributed by atoms with Gasteiger partial charge in [-0.1, -0.05) is 26.2 Å². The molecule has 2 unspecified atom stereocenters. The number of likely N-dealkylation sites (tertiary alicyclic amines) is 1. The molecular weight excluding hydrogens is 272 g/mol. The standard InChI is InChI=1S/C19H36N2O/c1-15-9-19(10-15)21-13-17(7-8-22)11-18(14-21)20-12-16-5-3-2-4-6-16/h15-20,22H,2-14H2,1H3. The summed E-state index contributed by atoms with van der Waals surface area (Å²) >= 11 is 0. The molecule has 1 aliphatic heterocycles. The van der Waals surface area contributed by atoms with Crippen molar-refractivity contribution < 1.29 is 5.11 Å². The molecule has 3 rings (SSSR count). The van der Waals surface area contributed by atoms with Crippen LogP contribution >= 0.6 is 0 Å². The van der Waals surface area contributed by atoms with Crippen LogP contribution in [0.25, 0.3) is 0 Å². The molecule has 0 radical (unpaired) electrons. The predicted octanol–water partition coefficient (Wildman–Crippen LogP) is 3.03. The molecule has 128 valence electrons. The molecule has 2 saturated carbocycles. The highest BCUT2D eigenvalue weighted by Crippen LogP contribution is 2.34. The van der Waals surface area contributed by atoms with Crippen LogP contribution in [-0.4, -0.2) is 48.3 Å². The minimum absolute atomic E-state index is 0.356. The van der Waals surface area contributed by atoms with Crippen LogP contribution in [-0.2, 0) is 0 Å². The highest BCUT2D eigenvalue weighted by atomic mass is 16.3. The summed E-state index contributed by atoms with van der Waals surface area (Å²) in [4.78, 5) is 2.74. The van der Waals surface area contributed by atoms with Gasteiger partial charge in [-0.15, -0.1) is 0 Å². The second-order valence-corrected chi connectivity index (χ2v) is 8.41. The van der Waals surface area contributed by atoms with E-state index in [1.165, 1.54) is 71.0 Å². The van der Waals surface area contributed by atoms with Crippen LogP contribution in [0.15, 0.2) is 0 Å². The number of aliphatic hydroxyl groups is 1. The minimum Gasteiger partial charge on any atom is -0.396 e. The van der Waals surface area contributed by atoms with E-state index in [9.17, 15) is 5.11 Å². The van der Waals surface area contributed by atoms with E-state index in [-0.39, 0.29) is 0 Å². The van der Waals surface area contributed by atoms with Crippen LogP contribution in [0.3, 0.4) is 0 Å². The van der Waals surface area contributed by atoms with Gasteiger partial charge in [0.2, 0.25) is 0 Å². The van der Waals surface area contributed by atoms with Gasteiger partial charge >= 0.3 is 0 Å². The number of nitrogens with one attached hydrogen (secondary N) is 1. The number of piperidine rings is 1. The Morgan fingerprint density at radius 1 is 1.00 bits per heavy atom. The predicted molar refractivity (Wildman–Crippen MR) is 91.9 cm³/mol. The van der Waals surface area contributed by atoms with Gasteiger partial charge in [0.15, 0.2) is 0 Å². The van der Waals surface area contributed by atoms with Crippen molar-refractivity contribution >= 4 is 0 Å². The van der Waals surface area contributed by atoms with Gasteiger partial charge in [-0.2, -0.15) is 0 Å². The van der Waals surface area contributed by atoms with Gasteiger partial charge < -0.3 is 10.4 Å². The topological polar surface area (TPSA) is 35.5 Å². The summed E-state index contributed by atoms with van der Waals surface area (Å²) < 4.78 is 0. The molecule has 2 N–H and O–H groups in total. The summed E-state index contributed by atoms with van der Waals surface area (Å²) in [5.74, 6) is 2.54. The first kappa shape index (κ1) is 16.7. The first-order chi connectivity index (χ1) is 10.7. The van der Waals surface area contributed by atoms with Gasteiger partial charge in [-0.3, -0.25) is 4.90 Å². The van der Waals surface area contributed by atoms with Crippen molar-refractivity contribution in [3.05, 3.63) is 0 Å². The summed E-state index contributed by atoms with van der Waals surface area (Å²) in [7, 11) is 0. The Kier molecular flexibility index (Phi) is 6.17. The molecule has 0 amide bonds. The molecule has 0 bridgehead atoms. The van der Waals surface area contributed by atoms with E-state index in [4.69, 9.17) is 0 Å². The van der Waals surface area contributed by atoms with E-state index >= 15 is 0 Å². The Morgan fingerprint density at radius 3 is 2.45 bits per heavy atom. The van der Waals surface area contributed by atoms with Crippen molar-refractivity contribution in [3.63, 3.8) is 0 Å². The molecule has 0 aromatic carbocycles. The van der Waals surface area contributed by atoms with Crippen LogP contribution in [0.2, 0.25) is 0 Å². The molecule has 2 atom stereocenters. The normalized spacial score (nSPS) is 37.9. The lowest BCUT2D eigenvalue weighted by atomic mass is 9.78. The Balaban J connectivity index is 1.48. The molecule has 2 aliphatic carbocycles. The number of hydrogen-bond acceptors (Lipinski definition) is 3. The minimum atomic E-state index is 0.356. The summed E-state index contributed by atoms with van der Waals surface area (Å²) in [5.41, 5.74) is 0. The van der Waals surface area contributed by atoms with Crippen LogP contribution in [0.1, 0.15) is 64.7 Å². The van der Waals surface area contributed by atoms with Crippen molar-refractivity contribution in [3.8, 4) is 0 Å². The maximum absolute atomic E-state index is 9.34. The summed E-state index contributed by atoms with van der Waals surface area (Å²) in [5, 5.41) is 13.2. The third kappa shape index (κ3) is 4.46. The number of nitrogens with zero attached hydrogens (tertiary/aromatic N) is 1. The Labute approximate surface area is 136 Å². The zero-order valence-electron chi connectivity index (χ0n) is 14.5. The fourth-order valence-corrected chi connectivity index (χ4v) is 4.96. The van der Waals surface area contributed by atoms with Crippen molar-refractivity contribution in [2.24, 2.45) is 17.8 Å². The van der Waals surface area contributed by atoms with E-state index in [0.717, 1.165) is 24.3 Å². The second-order valence-electron chi connectivity index (χ2n) is 8.41. The van der Waals surface area contributed by atoms with Gasteiger partial charge in [0.1, 0.15) is 0 Å². The summed E-state index contributed by atoms with van der Waals surface area (Å²) in [6.07, 6.45) is 12.2. The Bertz CT molecular complexity index is 323. The van der Waals surface area contributed by atoms with Crippen LogP contribution < -0.4 is 5.32 Å². The lowest BCUT2D eigenvalue weighted by molar-refractivity contribution is 0.0273. The molecule has 0 spiro atoms. The molecule has 22 heavy (non-hydrogen) atoms. The third-order valence-electron chi connectivity index (χ3n) is 6.39. The highest BCUT2D eigenvalue weighted by molar-refractivity contribution is 4.92. The van der Waals surface area contributed by atoms with E-state index in [1.807, 2.05) is 0 Å². The first-order valence-corrected chi connectivity index (χ1v) is 9.83. The zero-order valence-corrected chi connectivity index (χ0v) is 14.5. The Morgan fingerprint density at radius 2 is 1.77 bits per heavy atom. The van der Waals surface area contributed by atoms with Crippen LogP contribution in [0.4, 0.5) is 0 Å². The molecule has 1 heterocycles. The fraction of sp³-hybridized carbons (Fsp3) is 1.00. The Hall–Kier alpha value is -0.120. The summed E-state index contributed by atoms with van der Waals surface area (Å²) in [6.45, 7) is 6.43. The summed E-state index contributed by atoms with van der Waals surface area (Å²) in [6, 6.07) is 1.48. The van der Waals surface area contributed by atoms with Crippen molar-refractivity contribution in [1.29, 1.82) is 0 Å². The van der Waals surface area contributed by atoms with E-state index in [2.05, 4.69) is 17.1 Å². The molecule has 3 nitrogen and oxygen atoms in total. The average molecular weight is 309 g/mol. The number of aliphatic hydroxyl groups excluding tert-OH is 1. The maximum atomic E-state index is 9.34. The molecule has 3 aliphatic rings. The van der Waals surface area contributed by atoms with E-state index < -0.39 is 0 Å². The molecule has 0 aromatic rings. The van der Waals surface area contributed by atoms with Crippen LogP contribution in [0.5, 0.6) is 0 Å². The smallest absolute Gasteiger partial charge is 0.0434 e. The molecule has 3 heteroatoms. The molecule has 1 saturated heterocycles. The fourth-order valence-electron chi connectivity index (χ4n) is 4.96. The lowest BCUT2D eigenvalue weighted by Crippen LogP contribution is -2.56. The molecule has 0 aromatic heterocycles. The number of hydrogen-bond donors (Lipinski definition) is 2. The third-order valence-corrected chi connectivity index (χ3v) is 6.39. The van der Waals surface area contributed by atoms with Crippen molar-refractivity contribution in [2.45, 2.75) is 76.8 Å². The van der Waals surface area contributed by atoms with Gasteiger partial charge in [0.05, 0.1) is 0 Å². The SMILES string of the molecule is CC1CC(N2CC(CCO)CC(NCC3CCCCC3)C2)C1. The van der Waals surface area contributed by atoms with Crippen molar-refractivity contribution in [1.82, 2.24) is 10.2 Å². The van der Waals surface area contributed by atoms with Crippen LogP contribution in [0, 0.1) is 17.8 Å². The zero-order chi connectivity index (χ0) is 15.4. The first-order valence-electron chi connectivity index (χ1n) is 9.83. The van der Waals surface area contributed by atoms with Gasteiger partial charge in [0, 0.05) is 31.8 Å². The monoisotopic (exact) mass is 308 g/mol. The van der Waals surface area contributed by atoms with E-state index in [1.54, 1.807) is 0 Å². The van der Waals surface area contributed by atoms with Gasteiger partial charge in [-0.05, 0) is 62.8 Å². The largest absolute Gasteiger partial charge is 0.396 e.